The molecule has 1 N–H and O–H groups in total. The lowest BCUT2D eigenvalue weighted by molar-refractivity contribution is 0.0730. The van der Waals surface area contributed by atoms with Gasteiger partial charge in [0.25, 0.3) is 5.91 Å². The van der Waals surface area contributed by atoms with Crippen LogP contribution in [0.5, 0.6) is 0 Å². The highest BCUT2D eigenvalue weighted by atomic mass is 19.1. The van der Waals surface area contributed by atoms with Crippen LogP contribution in [0.1, 0.15) is 66.8 Å². The number of aromatic nitrogens is 6. The average molecular weight is 782 g/mol. The van der Waals surface area contributed by atoms with Gasteiger partial charge in [0.2, 0.25) is 0 Å². The number of likely N-dealkylation sites (tertiary alicyclic amines) is 1. The minimum Gasteiger partial charge on any atom is -0.339 e. The van der Waals surface area contributed by atoms with E-state index in [0.29, 0.717) is 59.1 Å². The molecule has 6 heterocycles. The van der Waals surface area contributed by atoms with Gasteiger partial charge in [-0.05, 0) is 84.8 Å². The highest BCUT2D eigenvalue weighted by Gasteiger charge is 2.31. The van der Waals surface area contributed by atoms with Crippen molar-refractivity contribution in [3.05, 3.63) is 142 Å². The van der Waals surface area contributed by atoms with Crippen molar-refractivity contribution in [3.8, 4) is 5.69 Å². The zero-order valence-electron chi connectivity index (χ0n) is 32.8. The van der Waals surface area contributed by atoms with E-state index in [4.69, 9.17) is 9.97 Å². The number of pyridine rings is 1. The Labute approximate surface area is 334 Å². The molecule has 0 atom stereocenters. The molecule has 1 saturated heterocycles. The summed E-state index contributed by atoms with van der Waals surface area (Å²) in [4.78, 5) is 47.3. The van der Waals surface area contributed by atoms with E-state index in [-0.39, 0.29) is 29.6 Å². The van der Waals surface area contributed by atoms with E-state index in [2.05, 4.69) is 36.0 Å². The zero-order valence-corrected chi connectivity index (χ0v) is 32.8. The maximum atomic E-state index is 14.9. The van der Waals surface area contributed by atoms with Crippen LogP contribution in [0.3, 0.4) is 0 Å². The number of carbonyl (C=O) groups excluding carboxylic acids is 1. The van der Waals surface area contributed by atoms with Gasteiger partial charge in [0.1, 0.15) is 17.3 Å². The van der Waals surface area contributed by atoms with E-state index >= 15 is 0 Å². The van der Waals surface area contributed by atoms with Crippen LogP contribution < -0.4 is 11.0 Å². The molecule has 0 aliphatic carbocycles. The fourth-order valence-electron chi connectivity index (χ4n) is 8.64. The summed E-state index contributed by atoms with van der Waals surface area (Å²) in [7, 11) is 0. The average Bonchev–Trinajstić information content (AvgIpc) is 3.68. The van der Waals surface area contributed by atoms with Crippen LogP contribution in [0.4, 0.5) is 20.3 Å². The molecule has 7 aromatic rings. The SMILES string of the molecule is CC(C)(C)CN1CCC(n2c(=O)n(-c3ccc(C(=O)N4CCc5c(n(Cc6ccc(F)cc6F)c6ncccc56)C4)cc3)c3ncc(Nc4ccccc4)nc32)CC1. The Bertz CT molecular complexity index is 2710. The molecular weight excluding hydrogens is 737 g/mol. The Kier molecular flexibility index (Phi) is 9.63. The Morgan fingerprint density at radius 2 is 1.66 bits per heavy atom. The van der Waals surface area contributed by atoms with Crippen LogP contribution in [0.15, 0.2) is 102 Å². The third kappa shape index (κ3) is 7.15. The minimum atomic E-state index is -0.636. The highest BCUT2D eigenvalue weighted by Crippen LogP contribution is 2.33. The number of rotatable bonds is 8. The minimum absolute atomic E-state index is 0.0519. The van der Waals surface area contributed by atoms with Crippen molar-refractivity contribution in [1.82, 2.24) is 38.5 Å². The highest BCUT2D eigenvalue weighted by molar-refractivity contribution is 5.95. The van der Waals surface area contributed by atoms with Crippen molar-refractivity contribution < 1.29 is 13.6 Å². The van der Waals surface area contributed by atoms with Gasteiger partial charge in [-0.1, -0.05) is 45.0 Å². The molecular formula is C45H45F2N9O2. The van der Waals surface area contributed by atoms with Crippen molar-refractivity contribution in [1.29, 1.82) is 0 Å². The molecule has 0 bridgehead atoms. The topological polar surface area (TPSA) is 106 Å². The quantitative estimate of drug-likeness (QED) is 0.167. The molecule has 3 aromatic carbocycles. The van der Waals surface area contributed by atoms with E-state index < -0.39 is 11.6 Å². The first-order valence-electron chi connectivity index (χ1n) is 19.8. The summed E-state index contributed by atoms with van der Waals surface area (Å²) in [6.45, 7) is 10.4. The predicted octanol–water partition coefficient (Wildman–Crippen LogP) is 7.88. The molecule has 9 rings (SSSR count). The molecule has 13 heteroatoms. The molecule has 58 heavy (non-hydrogen) atoms. The lowest BCUT2D eigenvalue weighted by atomic mass is 9.94. The maximum absolute atomic E-state index is 14.9. The number of hydrogen-bond acceptors (Lipinski definition) is 7. The standard InChI is InChI=1S/C45H45F2N9O2/c1-45(2,3)28-52-21-17-34(18-22-52)56-42-41(49-25-39(51-42)50-32-8-5-4-6-9-32)55(44(56)58)33-15-12-29(13-16-33)43(57)53-23-19-35-36-10-7-20-48-40(36)54(38(35)27-53)26-30-11-14-31(46)24-37(30)47/h4-16,20,24-25,34H,17-19,21-23,26-28H2,1-3H3,(H,50,51). The molecule has 2 aliphatic heterocycles. The van der Waals surface area contributed by atoms with Crippen LogP contribution in [0, 0.1) is 17.0 Å². The van der Waals surface area contributed by atoms with Crippen LogP contribution in [-0.2, 0) is 19.5 Å². The number of halogens is 2. The number of carbonyl (C=O) groups is 1. The third-order valence-electron chi connectivity index (χ3n) is 11.3. The molecule has 2 aliphatic rings. The largest absolute Gasteiger partial charge is 0.339 e. The van der Waals surface area contributed by atoms with Crippen molar-refractivity contribution in [2.45, 2.75) is 59.2 Å². The van der Waals surface area contributed by atoms with Gasteiger partial charge in [-0.15, -0.1) is 0 Å². The summed E-state index contributed by atoms with van der Waals surface area (Å²) >= 11 is 0. The number of amides is 1. The van der Waals surface area contributed by atoms with Gasteiger partial charge >= 0.3 is 5.69 Å². The number of anilines is 2. The molecule has 0 spiro atoms. The number of hydrogen-bond donors (Lipinski definition) is 1. The number of nitrogens with one attached hydrogen (secondary N) is 1. The summed E-state index contributed by atoms with van der Waals surface area (Å²) < 4.78 is 33.9. The number of fused-ring (bicyclic) bond motifs is 4. The maximum Gasteiger partial charge on any atom is 0.336 e. The Balaban J connectivity index is 1.01. The van der Waals surface area contributed by atoms with E-state index in [1.54, 1.807) is 46.1 Å². The number of imidazole rings is 1. The molecule has 0 saturated carbocycles. The van der Waals surface area contributed by atoms with Crippen LogP contribution >= 0.6 is 0 Å². The van der Waals surface area contributed by atoms with Gasteiger partial charge in [0, 0.05) is 72.4 Å². The summed E-state index contributed by atoms with van der Waals surface area (Å²) in [6, 6.07) is 24.2. The van der Waals surface area contributed by atoms with Crippen molar-refractivity contribution >= 4 is 39.7 Å². The van der Waals surface area contributed by atoms with Crippen molar-refractivity contribution in [3.63, 3.8) is 0 Å². The molecule has 11 nitrogen and oxygen atoms in total. The van der Waals surface area contributed by atoms with Gasteiger partial charge in [-0.25, -0.2) is 33.1 Å². The van der Waals surface area contributed by atoms with Gasteiger partial charge in [0.15, 0.2) is 17.1 Å². The summed E-state index contributed by atoms with van der Waals surface area (Å²) in [5.41, 5.74) is 5.81. The first kappa shape index (κ1) is 37.4. The van der Waals surface area contributed by atoms with E-state index in [1.165, 1.54) is 12.1 Å². The van der Waals surface area contributed by atoms with Crippen LogP contribution in [0.25, 0.3) is 28.0 Å². The molecule has 296 valence electrons. The number of para-hydroxylation sites is 1. The van der Waals surface area contributed by atoms with Gasteiger partial charge in [-0.2, -0.15) is 0 Å². The Hall–Kier alpha value is -6.21. The third-order valence-corrected chi connectivity index (χ3v) is 11.3. The summed E-state index contributed by atoms with van der Waals surface area (Å²) in [5, 5.41) is 4.29. The predicted molar refractivity (Wildman–Crippen MR) is 221 cm³/mol. The molecule has 1 amide bonds. The molecule has 0 unspecified atom stereocenters. The first-order valence-corrected chi connectivity index (χ1v) is 19.8. The van der Waals surface area contributed by atoms with Crippen LogP contribution in [0.2, 0.25) is 0 Å². The smallest absolute Gasteiger partial charge is 0.336 e. The number of benzene rings is 3. The second-order valence-electron chi connectivity index (χ2n) is 16.6. The second kappa shape index (κ2) is 14.9. The van der Waals surface area contributed by atoms with E-state index in [0.717, 1.165) is 60.9 Å². The van der Waals surface area contributed by atoms with Gasteiger partial charge in [-0.3, -0.25) is 9.36 Å². The molecule has 0 radical (unpaired) electrons. The van der Waals surface area contributed by atoms with Crippen LogP contribution in [-0.4, -0.2) is 70.5 Å². The van der Waals surface area contributed by atoms with Crippen molar-refractivity contribution in [2.75, 3.05) is 31.5 Å². The fourth-order valence-corrected chi connectivity index (χ4v) is 8.64. The Morgan fingerprint density at radius 3 is 2.40 bits per heavy atom. The monoisotopic (exact) mass is 781 g/mol. The van der Waals surface area contributed by atoms with E-state index in [1.807, 2.05) is 51.6 Å². The molecule has 1 fully saturated rings. The summed E-state index contributed by atoms with van der Waals surface area (Å²) in [5.74, 6) is -0.891. The number of nitrogens with zero attached hydrogens (tertiary/aromatic N) is 8. The Morgan fingerprint density at radius 1 is 0.879 bits per heavy atom. The van der Waals surface area contributed by atoms with Gasteiger partial charge < -0.3 is 19.7 Å². The normalized spacial score (nSPS) is 15.3. The fraction of sp³-hybridized carbons (Fsp3) is 0.311. The lowest BCUT2D eigenvalue weighted by Crippen LogP contribution is -2.41. The summed E-state index contributed by atoms with van der Waals surface area (Å²) in [6.07, 6.45) is 5.56. The number of piperidine rings is 1. The van der Waals surface area contributed by atoms with E-state index in [9.17, 15) is 18.4 Å². The van der Waals surface area contributed by atoms with Crippen molar-refractivity contribution in [2.24, 2.45) is 5.41 Å². The molecule has 4 aromatic heterocycles. The first-order chi connectivity index (χ1) is 28.0. The zero-order chi connectivity index (χ0) is 40.1. The van der Waals surface area contributed by atoms with Gasteiger partial charge in [0.05, 0.1) is 25.0 Å². The lowest BCUT2D eigenvalue weighted by Gasteiger charge is -2.36. The second-order valence-corrected chi connectivity index (χ2v) is 16.6.